The minimum Gasteiger partial charge on any atom is -0.480 e. The van der Waals surface area contributed by atoms with Crippen LogP contribution in [0, 0.1) is 63.6 Å². The topological polar surface area (TPSA) is 431 Å². The molecule has 4 unspecified atom stereocenters. The van der Waals surface area contributed by atoms with E-state index in [4.69, 9.17) is 42.3 Å². The Bertz CT molecular complexity index is 4020. The van der Waals surface area contributed by atoms with Crippen LogP contribution in [-0.2, 0) is 101 Å². The Labute approximate surface area is 750 Å². The quantitative estimate of drug-likeness (QED) is 0.0177. The van der Waals surface area contributed by atoms with E-state index in [-0.39, 0.29) is 124 Å². The first-order valence-corrected chi connectivity index (χ1v) is 46.6. The van der Waals surface area contributed by atoms with Gasteiger partial charge in [0.05, 0.1) is 57.0 Å². The number of hydrogen-bond acceptors (Lipinski definition) is 22. The number of primary amides is 3. The summed E-state index contributed by atoms with van der Waals surface area (Å²) in [4.78, 5) is 190. The van der Waals surface area contributed by atoms with Crippen LogP contribution >= 0.6 is 0 Å². The van der Waals surface area contributed by atoms with Crippen LogP contribution in [0.2, 0.25) is 0 Å². The number of carbonyl (C=O) groups excluding carboxylic acids is 13. The molecule has 3 aromatic carbocycles. The zero-order chi connectivity index (χ0) is 92.6. The number of nitrogens with zero attached hydrogens (tertiary/aromatic N) is 6. The molecule has 12 rings (SSSR count). The summed E-state index contributed by atoms with van der Waals surface area (Å²) >= 11 is 0. The third kappa shape index (κ3) is 30.8. The number of hydrogen-bond donors (Lipinski definition) is 6. The average molecular weight is 1770 g/mol. The Morgan fingerprint density at radius 1 is 0.378 bits per heavy atom. The maximum absolute atomic E-state index is 14.2. The van der Waals surface area contributed by atoms with Crippen molar-refractivity contribution in [1.29, 1.82) is 0 Å². The van der Waals surface area contributed by atoms with E-state index >= 15 is 0 Å². The molecule has 3 aromatic rings. The second kappa shape index (κ2) is 47.4. The van der Waals surface area contributed by atoms with Gasteiger partial charge in [-0.3, -0.25) is 77.0 Å². The van der Waals surface area contributed by atoms with Crippen LogP contribution in [0.3, 0.4) is 0 Å². The molecule has 9 aliphatic rings. The highest BCUT2D eigenvalue weighted by molar-refractivity contribution is 6.37. The summed E-state index contributed by atoms with van der Waals surface area (Å²) in [7, 11) is 0. The Hall–Kier alpha value is -9.16. The van der Waals surface area contributed by atoms with Crippen LogP contribution in [0.25, 0.3) is 0 Å². The molecule has 29 nitrogen and oxygen atoms in total. The predicted molar refractivity (Wildman–Crippen MR) is 476 cm³/mol. The van der Waals surface area contributed by atoms with Crippen LogP contribution in [0.15, 0.2) is 91.0 Å². The van der Waals surface area contributed by atoms with E-state index in [9.17, 15) is 72.2 Å². The molecule has 10 atom stereocenters. The van der Waals surface area contributed by atoms with Crippen molar-refractivity contribution in [3.63, 3.8) is 0 Å². The molecule has 0 spiro atoms. The Morgan fingerprint density at radius 2 is 0.646 bits per heavy atom. The number of aliphatic hydroxyl groups is 1. The lowest BCUT2D eigenvalue weighted by Gasteiger charge is -2.35. The number of amides is 6. The molecule has 0 aromatic heterocycles. The molecule has 6 saturated carbocycles. The zero-order valence-electron chi connectivity index (χ0n) is 76.6. The molecular formula is C98H144N10O19. The third-order valence-corrected chi connectivity index (χ3v) is 27.4. The maximum Gasteiger partial charge on any atom is 0.327 e. The molecule has 10 N–H and O–H groups in total. The van der Waals surface area contributed by atoms with Crippen LogP contribution in [0.1, 0.15) is 265 Å². The van der Waals surface area contributed by atoms with Crippen molar-refractivity contribution >= 4 is 82.5 Å². The normalized spacial score (nSPS) is 21.6. The van der Waals surface area contributed by atoms with Crippen LogP contribution in [-0.4, -0.2) is 210 Å². The summed E-state index contributed by atoms with van der Waals surface area (Å²) in [6.45, 7) is 20.5. The summed E-state index contributed by atoms with van der Waals surface area (Å²) in [6.07, 6.45) is 20.9. The molecule has 9 fully saturated rings. The summed E-state index contributed by atoms with van der Waals surface area (Å²) in [5.74, 6) is -10.0. The number of ketones is 4. The van der Waals surface area contributed by atoms with Crippen molar-refractivity contribution in [2.45, 2.75) is 317 Å². The van der Waals surface area contributed by atoms with Gasteiger partial charge in [0, 0.05) is 70.0 Å². The van der Waals surface area contributed by atoms with Gasteiger partial charge in [-0.05, 0) is 147 Å². The van der Waals surface area contributed by atoms with Gasteiger partial charge in [-0.2, -0.15) is 0 Å². The first-order valence-electron chi connectivity index (χ1n) is 46.6. The number of benzene rings is 3. The van der Waals surface area contributed by atoms with Gasteiger partial charge >= 0.3 is 23.9 Å². The number of carboxylic acid groups (broad SMARTS) is 1. The standard InChI is InChI=1S/2C33H47N3O6.C24H34N2O5.C8H16N2O2/c2*1-33(2,3)26(18-29(38)42-25-14-7-8-15-25)32(41)36-21-35(19-23-10-5-4-6-11-23)20-27(36)28(37)17-24(30(39)31(34)40)16-22-12-9-13-22;1-24(2,3)19(13-21(27)31-18-11-7-8-12-18)22(28)26-16-25(15-20(26)23(29)30)14-17-9-5-4-6-10-17;9-6(7(11)8(10)12)4-5-2-1-3-5/h2*4-6,10-11,22,24-27H,7-9,12-21H2,1-3H3,(H2,34,40);4-6,9-10,18-20H,7-8,11-16H2,1-3H3,(H,29,30);5-7,11H,1-4,9H2,(H2,10,12)/t2*24?,26-,27+;19-,20+;/m111./s1. The molecule has 6 aliphatic carbocycles. The lowest BCUT2D eigenvalue weighted by atomic mass is 9.76. The summed E-state index contributed by atoms with van der Waals surface area (Å²) < 4.78 is 17.0. The van der Waals surface area contributed by atoms with E-state index < -0.39 is 111 Å². The molecule has 127 heavy (non-hydrogen) atoms. The van der Waals surface area contributed by atoms with E-state index in [1.807, 2.05) is 168 Å². The monoisotopic (exact) mass is 1770 g/mol. The SMILES string of the molecule is CC(C)(C)[C@H](CC(=O)OC1CCCC1)C(=O)N1CN(Cc2ccccc2)C[C@H]1C(=O)CC(CC1CCC1)C(=O)C(N)=O.CC(C)(C)[C@H](CC(=O)OC1CCCC1)C(=O)N1CN(Cc2ccccc2)C[C@H]1C(=O)CC(CC1CCC1)C(=O)C(N)=O.CC(C)(C)[C@H](CC(=O)OC1CCCC1)C(=O)N1CN(Cc2ccccc2)C[C@H]1C(=O)O.NC(=O)C(O)C(N)CC1CCC1. The van der Waals surface area contributed by atoms with Crippen LogP contribution in [0.4, 0.5) is 0 Å². The van der Waals surface area contributed by atoms with Gasteiger partial charge in [-0.1, -0.05) is 211 Å². The fourth-order valence-corrected chi connectivity index (χ4v) is 19.0. The van der Waals surface area contributed by atoms with Gasteiger partial charge in [0.25, 0.3) is 11.8 Å². The number of rotatable bonds is 37. The molecule has 3 heterocycles. The van der Waals surface area contributed by atoms with Crippen LogP contribution in [0.5, 0.6) is 0 Å². The fraction of sp³-hybridized carbons (Fsp3) is 0.673. The van der Waals surface area contributed by atoms with Gasteiger partial charge in [0.1, 0.15) is 42.5 Å². The van der Waals surface area contributed by atoms with Crippen molar-refractivity contribution < 1.29 is 91.5 Å². The first-order chi connectivity index (χ1) is 60.1. The molecule has 3 saturated heterocycles. The van der Waals surface area contributed by atoms with Crippen molar-refractivity contribution in [2.75, 3.05) is 39.6 Å². The number of carboxylic acids is 1. The van der Waals surface area contributed by atoms with E-state index in [0.717, 1.165) is 132 Å². The fourth-order valence-electron chi connectivity index (χ4n) is 19.0. The number of carbonyl (C=O) groups is 14. The van der Waals surface area contributed by atoms with Gasteiger partial charge in [-0.25, -0.2) is 4.79 Å². The highest BCUT2D eigenvalue weighted by Gasteiger charge is 2.50. The first kappa shape index (κ1) is 102. The average Bonchev–Trinajstić information content (AvgIpc) is 1.00. The molecular weight excluding hydrogens is 1620 g/mol. The van der Waals surface area contributed by atoms with Crippen molar-refractivity contribution in [3.05, 3.63) is 108 Å². The van der Waals surface area contributed by atoms with Gasteiger partial charge in [-0.15, -0.1) is 0 Å². The summed E-state index contributed by atoms with van der Waals surface area (Å²) in [5, 5.41) is 18.9. The lowest BCUT2D eigenvalue weighted by molar-refractivity contribution is -0.158. The van der Waals surface area contributed by atoms with Crippen molar-refractivity contribution in [1.82, 2.24) is 29.4 Å². The molecule has 29 heteroatoms. The molecule has 0 bridgehead atoms. The molecule has 0 radical (unpaired) electrons. The van der Waals surface area contributed by atoms with E-state index in [1.54, 1.807) is 9.80 Å². The largest absolute Gasteiger partial charge is 0.480 e. The third-order valence-electron chi connectivity index (χ3n) is 27.4. The molecule has 700 valence electrons. The summed E-state index contributed by atoms with van der Waals surface area (Å²) in [6, 6.07) is 26.5. The van der Waals surface area contributed by atoms with Crippen molar-refractivity contribution in [3.8, 4) is 0 Å². The van der Waals surface area contributed by atoms with Gasteiger partial charge in [0.2, 0.25) is 35.2 Å². The van der Waals surface area contributed by atoms with Gasteiger partial charge < -0.3 is 62.1 Å². The molecule has 6 amide bonds. The highest BCUT2D eigenvalue weighted by Crippen LogP contribution is 2.41. The van der Waals surface area contributed by atoms with Gasteiger partial charge in [0.15, 0.2) is 11.6 Å². The number of aliphatic hydroxyl groups excluding tert-OH is 1. The van der Waals surface area contributed by atoms with E-state index in [0.29, 0.717) is 69.7 Å². The number of aliphatic carboxylic acids is 1. The number of ether oxygens (including phenoxy) is 3. The molecule has 3 aliphatic heterocycles. The Kier molecular flexibility index (Phi) is 37.9. The second-order valence-corrected chi connectivity index (χ2v) is 40.6. The predicted octanol–water partition coefficient (Wildman–Crippen LogP) is 10.7. The number of Topliss-reactive ketones (excluding diaryl/α,β-unsaturated/α-hetero) is 4. The maximum atomic E-state index is 14.2. The minimum absolute atomic E-state index is 0.0274. The number of nitrogens with two attached hydrogens (primary N) is 4. The smallest absolute Gasteiger partial charge is 0.327 e. The Balaban J connectivity index is 0.000000203. The lowest BCUT2D eigenvalue weighted by Crippen LogP contribution is -2.49. The van der Waals surface area contributed by atoms with Crippen molar-refractivity contribution in [2.24, 2.45) is 86.5 Å². The minimum atomic E-state index is -1.18. The number of esters is 3. The van der Waals surface area contributed by atoms with E-state index in [1.165, 1.54) is 24.2 Å². The summed E-state index contributed by atoms with van der Waals surface area (Å²) in [5.41, 5.74) is 22.8. The second-order valence-electron chi connectivity index (χ2n) is 40.6. The highest BCUT2D eigenvalue weighted by atomic mass is 16.6. The van der Waals surface area contributed by atoms with Crippen LogP contribution < -0.4 is 22.9 Å². The Morgan fingerprint density at radius 3 is 0.890 bits per heavy atom. The van der Waals surface area contributed by atoms with E-state index in [2.05, 4.69) is 0 Å². The zero-order valence-corrected chi connectivity index (χ0v) is 76.6.